The van der Waals surface area contributed by atoms with Crippen LogP contribution < -0.4 is 5.73 Å². The average Bonchev–Trinajstić information content (AvgIpc) is 1.61. The van der Waals surface area contributed by atoms with Gasteiger partial charge in [-0.1, -0.05) is 6.08 Å². The molecule has 0 aromatic heterocycles. The molecule has 0 rings (SSSR count). The van der Waals surface area contributed by atoms with E-state index in [9.17, 15) is 4.79 Å². The molecule has 0 saturated heterocycles. The summed E-state index contributed by atoms with van der Waals surface area (Å²) >= 11 is 0. The molecule has 2 N–H and O–H groups in total. The van der Waals surface area contributed by atoms with Gasteiger partial charge in [-0.25, -0.2) is 0 Å². The van der Waals surface area contributed by atoms with Crippen molar-refractivity contribution in [3.8, 4) is 0 Å². The predicted molar refractivity (Wildman–Crippen MR) is 23.9 cm³/mol. The minimum atomic E-state index is 0.412. The number of hydrogen-bond acceptors (Lipinski definition) is 2. The zero-order valence-corrected chi connectivity index (χ0v) is 3.35. The van der Waals surface area contributed by atoms with E-state index in [0.29, 0.717) is 6.54 Å². The van der Waals surface area contributed by atoms with Gasteiger partial charge in [-0.2, -0.15) is 0 Å². The lowest BCUT2D eigenvalue weighted by atomic mass is 10.5. The van der Waals surface area contributed by atoms with Gasteiger partial charge in [0.25, 0.3) is 0 Å². The molecular formula is C4H6NO. The summed E-state index contributed by atoms with van der Waals surface area (Å²) in [5.41, 5.74) is 4.95. The van der Waals surface area contributed by atoms with Crippen molar-refractivity contribution in [1.29, 1.82) is 0 Å². The van der Waals surface area contributed by atoms with Crippen LogP contribution in [0.25, 0.3) is 0 Å². The number of carbonyl (C=O) groups excluding carboxylic acids is 1. The highest BCUT2D eigenvalue weighted by molar-refractivity contribution is 5.65. The minimum absolute atomic E-state index is 0.412. The van der Waals surface area contributed by atoms with Gasteiger partial charge < -0.3 is 5.73 Å². The van der Waals surface area contributed by atoms with Crippen molar-refractivity contribution in [3.63, 3.8) is 0 Å². The fourth-order valence-electron chi connectivity index (χ4n) is 0.116. The maximum absolute atomic E-state index is 9.30. The summed E-state index contributed by atoms with van der Waals surface area (Å²) in [7, 11) is 0. The van der Waals surface area contributed by atoms with E-state index < -0.39 is 0 Å². The fourth-order valence-corrected chi connectivity index (χ4v) is 0.116. The van der Waals surface area contributed by atoms with E-state index in [2.05, 4.69) is 0 Å². The topological polar surface area (TPSA) is 43.1 Å². The van der Waals surface area contributed by atoms with Crippen LogP contribution in [0.15, 0.2) is 12.2 Å². The van der Waals surface area contributed by atoms with Crippen molar-refractivity contribution in [3.05, 3.63) is 12.2 Å². The van der Waals surface area contributed by atoms with Crippen LogP contribution >= 0.6 is 0 Å². The van der Waals surface area contributed by atoms with Crippen molar-refractivity contribution in [2.75, 3.05) is 6.54 Å². The molecule has 0 unspecified atom stereocenters. The summed E-state index contributed by atoms with van der Waals surface area (Å²) < 4.78 is 0. The molecule has 0 saturated carbocycles. The molecule has 33 valence electrons. The molecule has 0 spiro atoms. The van der Waals surface area contributed by atoms with Gasteiger partial charge in [0.15, 0.2) is 0 Å². The number of hydrogen-bond donors (Lipinski definition) is 1. The third-order valence-corrected chi connectivity index (χ3v) is 0.322. The van der Waals surface area contributed by atoms with Crippen molar-refractivity contribution in [1.82, 2.24) is 0 Å². The van der Waals surface area contributed by atoms with Gasteiger partial charge in [0.05, 0.1) is 0 Å². The van der Waals surface area contributed by atoms with Crippen LogP contribution in [-0.4, -0.2) is 12.8 Å². The standard InChI is InChI=1S/C4H6NO/c5-3-1-2-4-6/h1-2H,3,5H2. The third kappa shape index (κ3) is 3.37. The molecule has 0 bridgehead atoms. The molecule has 0 aromatic rings. The molecule has 0 aromatic carbocycles. The Bertz CT molecular complexity index is 58.6. The predicted octanol–water partition coefficient (Wildman–Crippen LogP) is -0.389. The molecule has 0 aliphatic heterocycles. The lowest BCUT2D eigenvalue weighted by molar-refractivity contribution is 0.564. The Morgan fingerprint density at radius 3 is 2.67 bits per heavy atom. The van der Waals surface area contributed by atoms with Gasteiger partial charge in [0, 0.05) is 6.54 Å². The number of rotatable bonds is 2. The average molecular weight is 84.1 g/mol. The summed E-state index contributed by atoms with van der Waals surface area (Å²) in [5.74, 6) is 0. The first-order valence-electron chi connectivity index (χ1n) is 1.64. The van der Waals surface area contributed by atoms with Crippen LogP contribution in [0.4, 0.5) is 0 Å². The molecule has 1 radical (unpaired) electrons. The maximum Gasteiger partial charge on any atom is 0.225 e. The summed E-state index contributed by atoms with van der Waals surface area (Å²) in [4.78, 5) is 9.30. The SMILES string of the molecule is NCC=C[C]=O. The van der Waals surface area contributed by atoms with E-state index in [4.69, 9.17) is 5.73 Å². The van der Waals surface area contributed by atoms with Gasteiger partial charge in [-0.3, -0.25) is 4.79 Å². The summed E-state index contributed by atoms with van der Waals surface area (Å²) in [5, 5.41) is 0. The van der Waals surface area contributed by atoms with Gasteiger partial charge in [0.2, 0.25) is 6.29 Å². The van der Waals surface area contributed by atoms with Crippen LogP contribution in [0.1, 0.15) is 0 Å². The Hall–Kier alpha value is -0.630. The smallest absolute Gasteiger partial charge is 0.225 e. The third-order valence-electron chi connectivity index (χ3n) is 0.322. The minimum Gasteiger partial charge on any atom is -0.327 e. The Labute approximate surface area is 36.6 Å². The maximum atomic E-state index is 9.30. The van der Waals surface area contributed by atoms with E-state index in [1.54, 1.807) is 6.29 Å². The molecule has 0 aliphatic carbocycles. The second-order valence-electron chi connectivity index (χ2n) is 0.756. The van der Waals surface area contributed by atoms with Gasteiger partial charge in [-0.15, -0.1) is 0 Å². The lowest BCUT2D eigenvalue weighted by Crippen LogP contribution is -1.91. The largest absolute Gasteiger partial charge is 0.327 e. The monoisotopic (exact) mass is 84.0 g/mol. The second kappa shape index (κ2) is 4.37. The quantitative estimate of drug-likeness (QED) is 0.463. The van der Waals surface area contributed by atoms with Crippen LogP contribution in [0.3, 0.4) is 0 Å². The second-order valence-corrected chi connectivity index (χ2v) is 0.756. The van der Waals surface area contributed by atoms with Gasteiger partial charge in [-0.05, 0) is 6.08 Å². The lowest BCUT2D eigenvalue weighted by Gasteiger charge is -1.66. The van der Waals surface area contributed by atoms with E-state index in [1.165, 1.54) is 12.2 Å². The highest BCUT2D eigenvalue weighted by Gasteiger charge is 1.60. The first kappa shape index (κ1) is 5.37. The van der Waals surface area contributed by atoms with E-state index >= 15 is 0 Å². The number of nitrogens with two attached hydrogens (primary N) is 1. The van der Waals surface area contributed by atoms with E-state index in [-0.39, 0.29) is 0 Å². The van der Waals surface area contributed by atoms with Gasteiger partial charge in [0.1, 0.15) is 0 Å². The highest BCUT2D eigenvalue weighted by Crippen LogP contribution is 1.56. The zero-order chi connectivity index (χ0) is 4.83. The van der Waals surface area contributed by atoms with Crippen molar-refractivity contribution in [2.24, 2.45) is 5.73 Å². The van der Waals surface area contributed by atoms with E-state index in [0.717, 1.165) is 0 Å². The zero-order valence-electron chi connectivity index (χ0n) is 3.35. The molecule has 2 heteroatoms. The molecular weight excluding hydrogens is 78.0 g/mol. The van der Waals surface area contributed by atoms with E-state index in [1.807, 2.05) is 0 Å². The number of allylic oxidation sites excluding steroid dienone is 1. The van der Waals surface area contributed by atoms with Gasteiger partial charge >= 0.3 is 0 Å². The molecule has 0 amide bonds. The first-order chi connectivity index (χ1) is 2.91. The molecule has 6 heavy (non-hydrogen) atoms. The van der Waals surface area contributed by atoms with Crippen LogP contribution in [-0.2, 0) is 4.79 Å². The van der Waals surface area contributed by atoms with Crippen molar-refractivity contribution < 1.29 is 4.79 Å². The highest BCUT2D eigenvalue weighted by atomic mass is 16.1. The van der Waals surface area contributed by atoms with Crippen LogP contribution in [0.2, 0.25) is 0 Å². The molecule has 2 nitrogen and oxygen atoms in total. The fraction of sp³-hybridized carbons (Fsp3) is 0.250. The summed E-state index contributed by atoms with van der Waals surface area (Å²) in [6, 6.07) is 0. The van der Waals surface area contributed by atoms with Crippen LogP contribution in [0.5, 0.6) is 0 Å². The summed E-state index contributed by atoms with van der Waals surface area (Å²) in [6.45, 7) is 0.412. The van der Waals surface area contributed by atoms with Crippen LogP contribution in [0, 0.1) is 0 Å². The molecule has 0 aliphatic rings. The van der Waals surface area contributed by atoms with Crippen molar-refractivity contribution in [2.45, 2.75) is 0 Å². The van der Waals surface area contributed by atoms with Crippen molar-refractivity contribution >= 4 is 6.29 Å². The Kier molecular flexibility index (Phi) is 3.91. The Morgan fingerprint density at radius 2 is 2.50 bits per heavy atom. The molecule has 0 atom stereocenters. The molecule has 0 heterocycles. The molecule has 0 fully saturated rings. The normalized spacial score (nSPS) is 9.50. The first-order valence-corrected chi connectivity index (χ1v) is 1.64. The summed E-state index contributed by atoms with van der Waals surface area (Å²) in [6.07, 6.45) is 4.34. The Morgan fingerprint density at radius 1 is 1.83 bits per heavy atom. The Balaban J connectivity index is 2.94.